The molecule has 0 aliphatic heterocycles. The maximum Gasteiger partial charge on any atom is 0.426 e. The van der Waals surface area contributed by atoms with E-state index >= 15 is 0 Å². The van der Waals surface area contributed by atoms with Crippen LogP contribution in [0.3, 0.4) is 0 Å². The van der Waals surface area contributed by atoms with E-state index in [0.29, 0.717) is 0 Å². The molecule has 1 fully saturated rings. The number of ether oxygens (including phenoxy) is 1. The quantitative estimate of drug-likeness (QED) is 0.457. The molecule has 2 rings (SSSR count). The number of carbonyl (C=O) groups is 1. The van der Waals surface area contributed by atoms with Crippen molar-refractivity contribution >= 4 is 17.6 Å². The van der Waals surface area contributed by atoms with Crippen molar-refractivity contribution in [2.45, 2.75) is 47.4 Å². The van der Waals surface area contributed by atoms with Gasteiger partial charge in [0, 0.05) is 11.1 Å². The van der Waals surface area contributed by atoms with E-state index in [0.717, 1.165) is 6.08 Å². The van der Waals surface area contributed by atoms with Crippen molar-refractivity contribution in [3.8, 4) is 0 Å². The number of hydrogen-bond donors (Lipinski definition) is 0. The van der Waals surface area contributed by atoms with E-state index in [9.17, 15) is 26.7 Å². The summed E-state index contributed by atoms with van der Waals surface area (Å²) in [6.45, 7) is 7.11. The van der Waals surface area contributed by atoms with E-state index in [1.54, 1.807) is 13.8 Å². The molecule has 0 amide bonds. The molecule has 0 N–H and O–H groups in total. The number of carbonyl (C=O) groups excluding carboxylic acids is 1. The van der Waals surface area contributed by atoms with Crippen molar-refractivity contribution in [1.82, 2.24) is 0 Å². The zero-order valence-electron chi connectivity index (χ0n) is 15.5. The first kappa shape index (κ1) is 21.7. The van der Waals surface area contributed by atoms with Gasteiger partial charge in [-0.1, -0.05) is 31.5 Å². The summed E-state index contributed by atoms with van der Waals surface area (Å²) < 4.78 is 71.1. The average Bonchev–Trinajstić information content (AvgIpc) is 3.10. The summed E-state index contributed by atoms with van der Waals surface area (Å²) in [7, 11) is 0. The van der Waals surface area contributed by atoms with Crippen LogP contribution in [-0.2, 0) is 16.1 Å². The molecule has 0 heterocycles. The highest BCUT2D eigenvalue weighted by Crippen LogP contribution is 2.60. The summed E-state index contributed by atoms with van der Waals surface area (Å²) in [5.74, 6) is -3.70. The van der Waals surface area contributed by atoms with Gasteiger partial charge in [0.05, 0.1) is 5.92 Å². The minimum absolute atomic E-state index is 0.115. The van der Waals surface area contributed by atoms with Crippen LogP contribution < -0.4 is 0 Å². The molecule has 0 bridgehead atoms. The molecule has 2 atom stereocenters. The monoisotopic (exact) mass is 410 g/mol. The van der Waals surface area contributed by atoms with Gasteiger partial charge in [0.15, 0.2) is 0 Å². The van der Waals surface area contributed by atoms with Crippen molar-refractivity contribution in [3.05, 3.63) is 45.0 Å². The average molecular weight is 411 g/mol. The molecular weight excluding hydrogens is 391 g/mol. The second-order valence-corrected chi connectivity index (χ2v) is 7.83. The lowest BCUT2D eigenvalue weighted by Crippen LogP contribution is -2.13. The molecule has 150 valence electrons. The van der Waals surface area contributed by atoms with Crippen molar-refractivity contribution in [2.24, 2.45) is 17.3 Å². The molecule has 0 saturated heterocycles. The minimum Gasteiger partial charge on any atom is -0.461 e. The fraction of sp³-hybridized carbons (Fsp3) is 0.526. The van der Waals surface area contributed by atoms with Gasteiger partial charge in [0.2, 0.25) is 0 Å². The first-order valence-electron chi connectivity index (χ1n) is 8.26. The number of allylic oxidation sites excluding steroid dienone is 2. The Bertz CT molecular complexity index is 782. The third-order valence-corrected chi connectivity index (χ3v) is 5.68. The van der Waals surface area contributed by atoms with Gasteiger partial charge in [0.25, 0.3) is 0 Å². The maximum atomic E-state index is 14.1. The molecule has 1 aliphatic rings. The lowest BCUT2D eigenvalue weighted by Gasteiger charge is -2.15. The fourth-order valence-corrected chi connectivity index (χ4v) is 3.48. The fourth-order valence-electron chi connectivity index (χ4n) is 3.35. The molecule has 8 heteroatoms. The van der Waals surface area contributed by atoms with E-state index < -0.39 is 46.1 Å². The Labute approximate surface area is 159 Å². The molecule has 1 aromatic carbocycles. The number of esters is 1. The lowest BCUT2D eigenvalue weighted by atomic mass is 9.98. The number of rotatable bonds is 4. The molecule has 1 saturated carbocycles. The van der Waals surface area contributed by atoms with Gasteiger partial charge >= 0.3 is 12.1 Å². The van der Waals surface area contributed by atoms with Crippen LogP contribution >= 0.6 is 11.6 Å². The Balaban J connectivity index is 2.16. The summed E-state index contributed by atoms with van der Waals surface area (Å²) in [5.41, 5.74) is -0.314. The molecule has 1 aliphatic carbocycles. The first-order valence-corrected chi connectivity index (χ1v) is 8.63. The first-order chi connectivity index (χ1) is 12.2. The van der Waals surface area contributed by atoms with Crippen LogP contribution in [0.2, 0.25) is 0 Å². The van der Waals surface area contributed by atoms with Crippen LogP contribution in [-0.4, -0.2) is 12.1 Å². The molecular formula is C19H20ClF5O2. The van der Waals surface area contributed by atoms with Crippen LogP contribution in [0.4, 0.5) is 22.0 Å². The largest absolute Gasteiger partial charge is 0.461 e. The number of alkyl halides is 3. The van der Waals surface area contributed by atoms with Crippen LogP contribution in [0.15, 0.2) is 11.1 Å². The Morgan fingerprint density at radius 1 is 1.11 bits per heavy atom. The second kappa shape index (κ2) is 7.08. The van der Waals surface area contributed by atoms with Crippen LogP contribution in [0, 0.1) is 49.7 Å². The molecule has 0 unspecified atom stereocenters. The molecule has 0 aromatic heterocycles. The SMILES string of the molecule is Cc1c(F)c(C)c(COC(=O)[C@@H]2[C@H](/C=C(\Cl)C(F)(F)F)C2(C)C)c(C)c1F. The molecule has 27 heavy (non-hydrogen) atoms. The Morgan fingerprint density at radius 2 is 1.59 bits per heavy atom. The zero-order chi connectivity index (χ0) is 20.9. The van der Waals surface area contributed by atoms with Gasteiger partial charge in [-0.2, -0.15) is 13.2 Å². The van der Waals surface area contributed by atoms with Crippen molar-refractivity contribution < 1.29 is 31.5 Å². The topological polar surface area (TPSA) is 26.3 Å². The molecule has 2 nitrogen and oxygen atoms in total. The standard InChI is InChI=1S/C19H20ClF5O2/c1-8-11(9(2)16(22)10(3)15(8)21)7-27-17(26)14-12(18(14,4)5)6-13(20)19(23,24)25/h6,12,14H,7H2,1-5H3/b13-6-/t12-,14-/m0/s1. The molecule has 0 spiro atoms. The summed E-state index contributed by atoms with van der Waals surface area (Å²) in [4.78, 5) is 12.3. The summed E-state index contributed by atoms with van der Waals surface area (Å²) in [6, 6.07) is 0. The number of benzene rings is 1. The Hall–Kier alpha value is -1.63. The maximum absolute atomic E-state index is 14.1. The third-order valence-electron chi connectivity index (χ3n) is 5.34. The van der Waals surface area contributed by atoms with E-state index in [4.69, 9.17) is 16.3 Å². The van der Waals surface area contributed by atoms with Crippen molar-refractivity contribution in [3.63, 3.8) is 0 Å². The van der Waals surface area contributed by atoms with Gasteiger partial charge in [-0.15, -0.1) is 0 Å². The minimum atomic E-state index is -4.68. The van der Waals surface area contributed by atoms with Gasteiger partial charge in [-0.05, 0) is 43.2 Å². The lowest BCUT2D eigenvalue weighted by molar-refractivity contribution is -0.147. The highest BCUT2D eigenvalue weighted by molar-refractivity contribution is 6.30. The van der Waals surface area contributed by atoms with Gasteiger partial charge < -0.3 is 4.74 Å². The molecule has 1 aromatic rings. The Morgan fingerprint density at radius 3 is 2.04 bits per heavy atom. The van der Waals surface area contributed by atoms with Crippen LogP contribution in [0.1, 0.15) is 36.1 Å². The second-order valence-electron chi connectivity index (χ2n) is 7.43. The third kappa shape index (κ3) is 3.98. The van der Waals surface area contributed by atoms with Crippen molar-refractivity contribution in [1.29, 1.82) is 0 Å². The van der Waals surface area contributed by atoms with E-state index in [-0.39, 0.29) is 28.9 Å². The summed E-state index contributed by atoms with van der Waals surface area (Å²) in [5, 5.41) is -1.29. The van der Waals surface area contributed by atoms with E-state index in [1.807, 2.05) is 0 Å². The van der Waals surface area contributed by atoms with E-state index in [2.05, 4.69) is 0 Å². The van der Waals surface area contributed by atoms with Crippen LogP contribution in [0.25, 0.3) is 0 Å². The summed E-state index contributed by atoms with van der Waals surface area (Å²) >= 11 is 5.25. The number of halogens is 6. The number of hydrogen-bond acceptors (Lipinski definition) is 2. The summed E-state index contributed by atoms with van der Waals surface area (Å²) in [6.07, 6.45) is -3.87. The predicted molar refractivity (Wildman–Crippen MR) is 91.1 cm³/mol. The van der Waals surface area contributed by atoms with Crippen LogP contribution in [0.5, 0.6) is 0 Å². The molecule has 0 radical (unpaired) electrons. The zero-order valence-corrected chi connectivity index (χ0v) is 16.3. The van der Waals surface area contributed by atoms with Gasteiger partial charge in [0.1, 0.15) is 23.3 Å². The highest BCUT2D eigenvalue weighted by atomic mass is 35.5. The highest BCUT2D eigenvalue weighted by Gasteiger charge is 2.62. The van der Waals surface area contributed by atoms with E-state index in [1.165, 1.54) is 20.8 Å². The predicted octanol–water partition coefficient (Wildman–Crippen LogP) is 5.89. The smallest absolute Gasteiger partial charge is 0.426 e. The Kier molecular flexibility index (Phi) is 5.68. The normalized spacial score (nSPS) is 22.0. The van der Waals surface area contributed by atoms with Gasteiger partial charge in [-0.25, -0.2) is 8.78 Å². The van der Waals surface area contributed by atoms with Gasteiger partial charge in [-0.3, -0.25) is 4.79 Å². The van der Waals surface area contributed by atoms with Crippen molar-refractivity contribution in [2.75, 3.05) is 0 Å².